The van der Waals surface area contributed by atoms with Gasteiger partial charge in [0.1, 0.15) is 5.75 Å². The first-order valence-electron chi connectivity index (χ1n) is 6.95. The van der Waals surface area contributed by atoms with Crippen LogP contribution >= 0.6 is 24.0 Å². The van der Waals surface area contributed by atoms with E-state index in [9.17, 15) is 0 Å². The van der Waals surface area contributed by atoms with E-state index >= 15 is 0 Å². The van der Waals surface area contributed by atoms with Crippen LogP contribution in [0.5, 0.6) is 5.75 Å². The van der Waals surface area contributed by atoms with Gasteiger partial charge in [-0.3, -0.25) is 4.99 Å². The van der Waals surface area contributed by atoms with Crippen LogP contribution in [0.2, 0.25) is 0 Å². The summed E-state index contributed by atoms with van der Waals surface area (Å²) in [5, 5.41) is 3.06. The molecule has 1 atom stereocenters. The smallest absolute Gasteiger partial charge is 0.188 e. The molecule has 0 aliphatic carbocycles. The lowest BCUT2D eigenvalue weighted by atomic mass is 10.1. The minimum absolute atomic E-state index is 0. The molecule has 5 nitrogen and oxygen atoms in total. The normalized spacial score (nSPS) is 18.2. The Morgan fingerprint density at radius 2 is 2.33 bits per heavy atom. The Bertz CT molecular complexity index is 474. The Hall–Kier alpha value is -1.02. The van der Waals surface area contributed by atoms with Gasteiger partial charge in [0, 0.05) is 31.7 Å². The van der Waals surface area contributed by atoms with Crippen molar-refractivity contribution >= 4 is 29.9 Å². The van der Waals surface area contributed by atoms with E-state index in [4.69, 9.17) is 15.2 Å². The van der Waals surface area contributed by atoms with Gasteiger partial charge in [-0.1, -0.05) is 12.1 Å². The van der Waals surface area contributed by atoms with E-state index in [2.05, 4.69) is 35.4 Å². The zero-order valence-electron chi connectivity index (χ0n) is 12.6. The molecule has 0 saturated carbocycles. The first-order valence-corrected chi connectivity index (χ1v) is 6.95. The Kier molecular flexibility index (Phi) is 7.81. The molecule has 1 saturated heterocycles. The Balaban J connectivity index is 0.00000220. The number of nitrogens with zero attached hydrogens (tertiary/aromatic N) is 1. The van der Waals surface area contributed by atoms with Crippen LogP contribution in [0.4, 0.5) is 0 Å². The van der Waals surface area contributed by atoms with Crippen molar-refractivity contribution in [1.82, 2.24) is 5.32 Å². The summed E-state index contributed by atoms with van der Waals surface area (Å²) < 4.78 is 11.3. The van der Waals surface area contributed by atoms with Gasteiger partial charge >= 0.3 is 0 Å². The van der Waals surface area contributed by atoms with Crippen molar-refractivity contribution < 1.29 is 9.47 Å². The van der Waals surface area contributed by atoms with Gasteiger partial charge in [-0.15, -0.1) is 24.0 Å². The number of guanidine groups is 1. The second-order valence-electron chi connectivity index (χ2n) is 5.11. The summed E-state index contributed by atoms with van der Waals surface area (Å²) in [4.78, 5) is 3.89. The summed E-state index contributed by atoms with van der Waals surface area (Å²) in [5.74, 6) is 1.84. The molecule has 0 amide bonds. The summed E-state index contributed by atoms with van der Waals surface area (Å²) in [6.45, 7) is 5.02. The van der Waals surface area contributed by atoms with Crippen LogP contribution in [0.15, 0.2) is 23.2 Å². The molecule has 3 N–H and O–H groups in total. The van der Waals surface area contributed by atoms with E-state index in [-0.39, 0.29) is 24.0 Å². The largest absolute Gasteiger partial charge is 0.493 e. The zero-order chi connectivity index (χ0) is 14.4. The molecule has 1 unspecified atom stereocenters. The fourth-order valence-electron chi connectivity index (χ4n) is 2.13. The first kappa shape index (κ1) is 18.0. The predicted molar refractivity (Wildman–Crippen MR) is 95.4 cm³/mol. The van der Waals surface area contributed by atoms with Crippen LogP contribution in [-0.2, 0) is 11.3 Å². The molecule has 21 heavy (non-hydrogen) atoms. The van der Waals surface area contributed by atoms with Crippen LogP contribution in [0.1, 0.15) is 17.5 Å². The van der Waals surface area contributed by atoms with Gasteiger partial charge in [0.2, 0.25) is 0 Å². The molecule has 1 aliphatic heterocycles. The van der Waals surface area contributed by atoms with Crippen molar-refractivity contribution in [1.29, 1.82) is 0 Å². The number of benzene rings is 1. The molecule has 0 spiro atoms. The average Bonchev–Trinajstić information content (AvgIpc) is 2.97. The number of nitrogens with two attached hydrogens (primary N) is 1. The van der Waals surface area contributed by atoms with E-state index in [1.807, 2.05) is 0 Å². The standard InChI is InChI=1S/C15H23N3O2.HI/c1-11-3-4-13(8-18-15(16)17-2)14(7-11)20-10-12-5-6-19-9-12;/h3-4,7,12H,5-6,8-10H2,1-2H3,(H3,16,17,18);1H. The SMILES string of the molecule is CN=C(N)NCc1ccc(C)cc1OCC1CCOC1.I. The number of aliphatic imine (C=N–C) groups is 1. The highest BCUT2D eigenvalue weighted by atomic mass is 127. The van der Waals surface area contributed by atoms with Crippen molar-refractivity contribution in [3.05, 3.63) is 29.3 Å². The van der Waals surface area contributed by atoms with Crippen molar-refractivity contribution in [3.8, 4) is 5.75 Å². The van der Waals surface area contributed by atoms with E-state index in [1.54, 1.807) is 7.05 Å². The lowest BCUT2D eigenvalue weighted by Gasteiger charge is -2.15. The molecule has 1 heterocycles. The lowest BCUT2D eigenvalue weighted by Crippen LogP contribution is -2.31. The summed E-state index contributed by atoms with van der Waals surface area (Å²) in [6.07, 6.45) is 1.08. The minimum atomic E-state index is 0. The monoisotopic (exact) mass is 405 g/mol. The van der Waals surface area contributed by atoms with E-state index < -0.39 is 0 Å². The number of nitrogens with one attached hydrogen (secondary N) is 1. The third-order valence-corrected chi connectivity index (χ3v) is 3.42. The summed E-state index contributed by atoms with van der Waals surface area (Å²) in [5.41, 5.74) is 7.92. The third-order valence-electron chi connectivity index (χ3n) is 3.42. The Labute approximate surface area is 143 Å². The molecule has 118 valence electrons. The highest BCUT2D eigenvalue weighted by Gasteiger charge is 2.17. The maximum atomic E-state index is 5.97. The molecule has 1 aromatic carbocycles. The topological polar surface area (TPSA) is 68.9 Å². The number of hydrogen-bond donors (Lipinski definition) is 2. The molecule has 0 aromatic heterocycles. The first-order chi connectivity index (χ1) is 9.69. The van der Waals surface area contributed by atoms with Crippen LogP contribution < -0.4 is 15.8 Å². The molecule has 0 bridgehead atoms. The molecule has 1 aromatic rings. The molecule has 2 rings (SSSR count). The van der Waals surface area contributed by atoms with Gasteiger partial charge in [0.25, 0.3) is 0 Å². The van der Waals surface area contributed by atoms with Gasteiger partial charge in [-0.2, -0.15) is 0 Å². The van der Waals surface area contributed by atoms with Gasteiger partial charge in [-0.25, -0.2) is 0 Å². The minimum Gasteiger partial charge on any atom is -0.493 e. The highest BCUT2D eigenvalue weighted by molar-refractivity contribution is 14.0. The molecule has 6 heteroatoms. The third kappa shape index (κ3) is 5.70. The van der Waals surface area contributed by atoms with Crippen LogP contribution in [-0.4, -0.2) is 32.8 Å². The highest BCUT2D eigenvalue weighted by Crippen LogP contribution is 2.22. The van der Waals surface area contributed by atoms with Crippen LogP contribution in [0.25, 0.3) is 0 Å². The van der Waals surface area contributed by atoms with Crippen molar-refractivity contribution in [2.45, 2.75) is 19.9 Å². The van der Waals surface area contributed by atoms with Crippen molar-refractivity contribution in [2.24, 2.45) is 16.6 Å². The van der Waals surface area contributed by atoms with E-state index in [0.29, 0.717) is 25.0 Å². The van der Waals surface area contributed by atoms with E-state index in [1.165, 1.54) is 5.56 Å². The van der Waals surface area contributed by atoms with Gasteiger partial charge in [0.05, 0.1) is 13.2 Å². The number of halogens is 1. The second-order valence-corrected chi connectivity index (χ2v) is 5.11. The fraction of sp³-hybridized carbons (Fsp3) is 0.533. The average molecular weight is 405 g/mol. The Morgan fingerprint density at radius 3 is 3.00 bits per heavy atom. The lowest BCUT2D eigenvalue weighted by molar-refractivity contribution is 0.166. The number of aryl methyl sites for hydroxylation is 1. The van der Waals surface area contributed by atoms with E-state index in [0.717, 1.165) is 30.9 Å². The Morgan fingerprint density at radius 1 is 1.52 bits per heavy atom. The maximum Gasteiger partial charge on any atom is 0.188 e. The fourth-order valence-corrected chi connectivity index (χ4v) is 2.13. The summed E-state index contributed by atoms with van der Waals surface area (Å²) in [7, 11) is 1.66. The zero-order valence-corrected chi connectivity index (χ0v) is 14.9. The van der Waals surface area contributed by atoms with Crippen molar-refractivity contribution in [2.75, 3.05) is 26.9 Å². The summed E-state index contributed by atoms with van der Waals surface area (Å²) >= 11 is 0. The molecule has 1 aliphatic rings. The van der Waals surface area contributed by atoms with Gasteiger partial charge < -0.3 is 20.5 Å². The van der Waals surface area contributed by atoms with Gasteiger partial charge in [0.15, 0.2) is 5.96 Å². The molecular formula is C15H24IN3O2. The summed E-state index contributed by atoms with van der Waals surface area (Å²) in [6, 6.07) is 6.19. The molecular weight excluding hydrogens is 381 g/mol. The van der Waals surface area contributed by atoms with Gasteiger partial charge in [-0.05, 0) is 25.0 Å². The number of hydrogen-bond acceptors (Lipinski definition) is 3. The number of ether oxygens (including phenoxy) is 2. The number of rotatable bonds is 5. The molecule has 1 fully saturated rings. The van der Waals surface area contributed by atoms with Crippen LogP contribution in [0.3, 0.4) is 0 Å². The predicted octanol–water partition coefficient (Wildman–Crippen LogP) is 2.06. The second kappa shape index (κ2) is 9.09. The molecule has 0 radical (unpaired) electrons. The maximum absolute atomic E-state index is 5.97. The quantitative estimate of drug-likeness (QED) is 0.447. The van der Waals surface area contributed by atoms with Crippen LogP contribution in [0, 0.1) is 12.8 Å². The van der Waals surface area contributed by atoms with Crippen molar-refractivity contribution in [3.63, 3.8) is 0 Å².